The van der Waals surface area contributed by atoms with Gasteiger partial charge in [0.2, 0.25) is 5.91 Å². The maximum absolute atomic E-state index is 13.3. The van der Waals surface area contributed by atoms with Crippen molar-refractivity contribution in [1.82, 2.24) is 9.55 Å². The minimum absolute atomic E-state index is 0.236. The summed E-state index contributed by atoms with van der Waals surface area (Å²) >= 11 is 7.60. The first-order valence-corrected chi connectivity index (χ1v) is 10.3. The van der Waals surface area contributed by atoms with E-state index in [9.17, 15) is 9.59 Å². The molecule has 2 aromatic heterocycles. The highest BCUT2D eigenvalue weighted by atomic mass is 35.5. The van der Waals surface area contributed by atoms with Crippen molar-refractivity contribution < 1.29 is 4.79 Å². The van der Waals surface area contributed by atoms with Crippen molar-refractivity contribution in [2.75, 3.05) is 5.32 Å². The van der Waals surface area contributed by atoms with Gasteiger partial charge in [-0.2, -0.15) is 0 Å². The molecule has 2 aromatic carbocycles. The van der Waals surface area contributed by atoms with Crippen LogP contribution in [0.15, 0.2) is 65.7 Å². The molecule has 0 radical (unpaired) electrons. The highest BCUT2D eigenvalue weighted by molar-refractivity contribution is 7.19. The van der Waals surface area contributed by atoms with E-state index in [4.69, 9.17) is 11.6 Å². The Labute approximate surface area is 176 Å². The van der Waals surface area contributed by atoms with Gasteiger partial charge in [0.15, 0.2) is 0 Å². The molecule has 29 heavy (non-hydrogen) atoms. The summed E-state index contributed by atoms with van der Waals surface area (Å²) in [6.07, 6.45) is 1.44. The topological polar surface area (TPSA) is 64.0 Å². The van der Waals surface area contributed by atoms with Crippen molar-refractivity contribution in [2.45, 2.75) is 19.9 Å². The number of fused-ring (bicyclic) bond motifs is 1. The van der Waals surface area contributed by atoms with Crippen LogP contribution in [0.5, 0.6) is 0 Å². The number of carbonyl (C=O) groups excluding carboxylic acids is 1. The highest BCUT2D eigenvalue weighted by Gasteiger charge is 2.22. The first-order valence-electron chi connectivity index (χ1n) is 9.08. The highest BCUT2D eigenvalue weighted by Crippen LogP contribution is 2.35. The van der Waals surface area contributed by atoms with Gasteiger partial charge in [-0.15, -0.1) is 11.3 Å². The molecular formula is C22H18ClN3O2S. The van der Waals surface area contributed by atoms with Crippen LogP contribution in [0.2, 0.25) is 5.02 Å². The predicted molar refractivity (Wildman–Crippen MR) is 119 cm³/mol. The Morgan fingerprint density at radius 1 is 1.14 bits per heavy atom. The SMILES string of the molecule is Cc1sc2ncn(C(C)C(=O)Nc3ccccc3Cl)c(=O)c2c1-c1ccccc1. The van der Waals surface area contributed by atoms with Gasteiger partial charge in [0.25, 0.3) is 5.56 Å². The average molecular weight is 424 g/mol. The monoisotopic (exact) mass is 423 g/mol. The first-order chi connectivity index (χ1) is 14.0. The number of thiophene rings is 1. The van der Waals surface area contributed by atoms with E-state index in [-0.39, 0.29) is 11.5 Å². The van der Waals surface area contributed by atoms with Gasteiger partial charge in [-0.05, 0) is 31.5 Å². The molecule has 0 aliphatic carbocycles. The van der Waals surface area contributed by atoms with Crippen LogP contribution in [0.1, 0.15) is 17.8 Å². The van der Waals surface area contributed by atoms with Gasteiger partial charge >= 0.3 is 0 Å². The molecule has 0 saturated heterocycles. The lowest BCUT2D eigenvalue weighted by molar-refractivity contribution is -0.118. The van der Waals surface area contributed by atoms with E-state index in [1.165, 1.54) is 22.2 Å². The molecule has 0 saturated carbocycles. The predicted octanol–water partition coefficient (Wildman–Crippen LogP) is 5.29. The number of aromatic nitrogens is 2. The van der Waals surface area contributed by atoms with E-state index in [1.807, 2.05) is 37.3 Å². The summed E-state index contributed by atoms with van der Waals surface area (Å²) in [5.74, 6) is -0.338. The maximum Gasteiger partial charge on any atom is 0.263 e. The summed E-state index contributed by atoms with van der Waals surface area (Å²) in [5, 5.41) is 3.76. The Morgan fingerprint density at radius 3 is 2.55 bits per heavy atom. The molecule has 0 aliphatic rings. The summed E-state index contributed by atoms with van der Waals surface area (Å²) in [4.78, 5) is 32.2. The lowest BCUT2D eigenvalue weighted by atomic mass is 10.0. The zero-order valence-corrected chi connectivity index (χ0v) is 17.4. The Kier molecular flexibility index (Phi) is 5.22. The number of halogens is 1. The molecule has 1 atom stereocenters. The second-order valence-electron chi connectivity index (χ2n) is 6.68. The van der Waals surface area contributed by atoms with Crippen LogP contribution in [0.4, 0.5) is 5.69 Å². The molecule has 0 spiro atoms. The molecule has 1 amide bonds. The van der Waals surface area contributed by atoms with Gasteiger partial charge in [0, 0.05) is 10.4 Å². The number of amides is 1. The van der Waals surface area contributed by atoms with Crippen LogP contribution >= 0.6 is 22.9 Å². The summed E-state index contributed by atoms with van der Waals surface area (Å²) in [5.41, 5.74) is 2.10. The standard InChI is InChI=1S/C22H18ClN3O2S/c1-13(20(27)25-17-11-7-6-10-16(17)23)26-12-24-21-19(22(26)28)18(14(2)29-21)15-8-4-3-5-9-15/h3-13H,1-2H3,(H,25,27). The fraction of sp³-hybridized carbons (Fsp3) is 0.136. The number of anilines is 1. The molecule has 0 bridgehead atoms. The zero-order valence-electron chi connectivity index (χ0n) is 15.8. The van der Waals surface area contributed by atoms with Crippen molar-refractivity contribution in [1.29, 1.82) is 0 Å². The van der Waals surface area contributed by atoms with Crippen LogP contribution in [0, 0.1) is 6.92 Å². The molecule has 146 valence electrons. The van der Waals surface area contributed by atoms with Crippen molar-refractivity contribution in [2.24, 2.45) is 0 Å². The zero-order chi connectivity index (χ0) is 20.5. The van der Waals surface area contributed by atoms with Crippen LogP contribution in [-0.2, 0) is 4.79 Å². The van der Waals surface area contributed by atoms with Gasteiger partial charge in [0.1, 0.15) is 10.9 Å². The fourth-order valence-corrected chi connectivity index (χ4v) is 4.46. The fourth-order valence-electron chi connectivity index (χ4n) is 3.27. The summed E-state index contributed by atoms with van der Waals surface area (Å²) in [6, 6.07) is 16.0. The lowest BCUT2D eigenvalue weighted by Crippen LogP contribution is -2.31. The van der Waals surface area contributed by atoms with Crippen LogP contribution in [0.25, 0.3) is 21.3 Å². The molecule has 0 aliphatic heterocycles. The largest absolute Gasteiger partial charge is 0.323 e. The first kappa shape index (κ1) is 19.4. The molecule has 5 nitrogen and oxygen atoms in total. The number of nitrogens with one attached hydrogen (secondary N) is 1. The third kappa shape index (κ3) is 3.57. The van der Waals surface area contributed by atoms with Gasteiger partial charge < -0.3 is 5.32 Å². The van der Waals surface area contributed by atoms with Crippen LogP contribution < -0.4 is 10.9 Å². The van der Waals surface area contributed by atoms with Gasteiger partial charge in [-0.25, -0.2) is 4.98 Å². The molecule has 1 unspecified atom stereocenters. The van der Waals surface area contributed by atoms with Crippen molar-refractivity contribution >= 4 is 44.7 Å². The van der Waals surface area contributed by atoms with Crippen LogP contribution in [0.3, 0.4) is 0 Å². The van der Waals surface area contributed by atoms with Crippen molar-refractivity contribution in [3.05, 3.63) is 81.2 Å². The molecule has 4 rings (SSSR count). The van der Waals surface area contributed by atoms with Gasteiger partial charge in [-0.3, -0.25) is 14.2 Å². The van der Waals surface area contributed by atoms with E-state index in [2.05, 4.69) is 10.3 Å². The molecule has 0 fully saturated rings. The van der Waals surface area contributed by atoms with Crippen LogP contribution in [-0.4, -0.2) is 15.5 Å². The number of benzene rings is 2. The average Bonchev–Trinajstić information content (AvgIpc) is 3.07. The lowest BCUT2D eigenvalue weighted by Gasteiger charge is -2.15. The number of hydrogen-bond acceptors (Lipinski definition) is 4. The molecule has 2 heterocycles. The normalized spacial score (nSPS) is 12.1. The number of hydrogen-bond donors (Lipinski definition) is 1. The Bertz CT molecular complexity index is 1260. The number of nitrogens with zero attached hydrogens (tertiary/aromatic N) is 2. The van der Waals surface area contributed by atoms with Crippen molar-refractivity contribution in [3.63, 3.8) is 0 Å². The molecule has 7 heteroatoms. The number of para-hydroxylation sites is 1. The van der Waals surface area contributed by atoms with Gasteiger partial charge in [-0.1, -0.05) is 54.1 Å². The van der Waals surface area contributed by atoms with Crippen molar-refractivity contribution in [3.8, 4) is 11.1 Å². The number of rotatable bonds is 4. The number of carbonyl (C=O) groups is 1. The quantitative estimate of drug-likeness (QED) is 0.485. The molecule has 1 N–H and O–H groups in total. The second-order valence-corrected chi connectivity index (χ2v) is 8.29. The Hall–Kier alpha value is -2.96. The minimum Gasteiger partial charge on any atom is -0.323 e. The second kappa shape index (κ2) is 7.81. The minimum atomic E-state index is -0.750. The van der Waals surface area contributed by atoms with E-state index in [0.717, 1.165) is 16.0 Å². The maximum atomic E-state index is 13.3. The van der Waals surface area contributed by atoms with E-state index in [1.54, 1.807) is 31.2 Å². The van der Waals surface area contributed by atoms with E-state index < -0.39 is 6.04 Å². The third-order valence-electron chi connectivity index (χ3n) is 4.80. The summed E-state index contributed by atoms with van der Waals surface area (Å²) in [7, 11) is 0. The molecule has 4 aromatic rings. The number of aryl methyl sites for hydroxylation is 1. The summed E-state index contributed by atoms with van der Waals surface area (Å²) in [6.45, 7) is 3.65. The van der Waals surface area contributed by atoms with E-state index in [0.29, 0.717) is 20.9 Å². The Morgan fingerprint density at radius 2 is 1.83 bits per heavy atom. The third-order valence-corrected chi connectivity index (χ3v) is 6.15. The summed E-state index contributed by atoms with van der Waals surface area (Å²) < 4.78 is 1.37. The smallest absolute Gasteiger partial charge is 0.263 e. The Balaban J connectivity index is 1.77. The van der Waals surface area contributed by atoms with Gasteiger partial charge in [0.05, 0.1) is 22.4 Å². The van der Waals surface area contributed by atoms with E-state index >= 15 is 0 Å². The molecular weight excluding hydrogens is 406 g/mol.